The molecule has 0 fully saturated rings. The van der Waals surface area contributed by atoms with Crippen LogP contribution in [0.4, 0.5) is 5.82 Å². The molecule has 2 amide bonds. The Labute approximate surface area is 178 Å². The molecule has 11 nitrogen and oxygen atoms in total. The van der Waals surface area contributed by atoms with Crippen LogP contribution in [0.25, 0.3) is 0 Å². The predicted octanol–water partition coefficient (Wildman–Crippen LogP) is 1.30. The van der Waals surface area contributed by atoms with Crippen LogP contribution >= 0.6 is 0 Å². The summed E-state index contributed by atoms with van der Waals surface area (Å²) in [7, 11) is 1.70. The highest BCUT2D eigenvalue weighted by Crippen LogP contribution is 2.20. The average molecular weight is 423 g/mol. The second kappa shape index (κ2) is 8.38. The number of rotatable bonds is 6. The fraction of sp³-hybridized carbons (Fsp3) is 0.300. The average Bonchev–Trinajstić information content (AvgIpc) is 3.30. The van der Waals surface area contributed by atoms with Gasteiger partial charge >= 0.3 is 0 Å². The molecular formula is C20H21N7O4. The van der Waals surface area contributed by atoms with Crippen LogP contribution in [0.1, 0.15) is 12.6 Å². The molecule has 160 valence electrons. The molecule has 1 aromatic carbocycles. The Hall–Kier alpha value is -4.02. The number of carbonyl (C=O) groups excluding carboxylic acids is 2. The van der Waals surface area contributed by atoms with Crippen LogP contribution in [0.2, 0.25) is 0 Å². The second-order valence-corrected chi connectivity index (χ2v) is 6.81. The molecule has 3 heterocycles. The van der Waals surface area contributed by atoms with Gasteiger partial charge in [-0.1, -0.05) is 0 Å². The minimum atomic E-state index is -0.592. The van der Waals surface area contributed by atoms with Crippen LogP contribution in [0.5, 0.6) is 11.5 Å². The van der Waals surface area contributed by atoms with E-state index in [1.807, 2.05) is 6.92 Å². The van der Waals surface area contributed by atoms with E-state index in [0.29, 0.717) is 29.7 Å². The topological polar surface area (TPSA) is 123 Å². The summed E-state index contributed by atoms with van der Waals surface area (Å²) in [5.41, 5.74) is 0.622. The third-order valence-electron chi connectivity index (χ3n) is 4.48. The van der Waals surface area contributed by atoms with Gasteiger partial charge in [0.05, 0.1) is 12.3 Å². The van der Waals surface area contributed by atoms with Crippen molar-refractivity contribution in [1.29, 1.82) is 0 Å². The van der Waals surface area contributed by atoms with E-state index in [-0.39, 0.29) is 12.6 Å². The molecule has 2 aliphatic heterocycles. The number of aliphatic imine (C=N–C) groups is 2. The van der Waals surface area contributed by atoms with Crippen molar-refractivity contribution in [2.24, 2.45) is 21.0 Å². The molecule has 4 rings (SSSR count). The second-order valence-electron chi connectivity index (χ2n) is 6.81. The van der Waals surface area contributed by atoms with Crippen molar-refractivity contribution in [1.82, 2.24) is 14.8 Å². The fourth-order valence-corrected chi connectivity index (χ4v) is 3.07. The van der Waals surface area contributed by atoms with Crippen molar-refractivity contribution < 1.29 is 19.1 Å². The van der Waals surface area contributed by atoms with Gasteiger partial charge < -0.3 is 14.8 Å². The molecule has 31 heavy (non-hydrogen) atoms. The number of aromatic nitrogens is 2. The number of hydrogen-bond acceptors (Lipinski definition) is 8. The maximum Gasteiger partial charge on any atom is 0.265 e. The lowest BCUT2D eigenvalue weighted by Gasteiger charge is -2.17. The normalized spacial score (nSPS) is 17.2. The molecule has 1 N–H and O–H groups in total. The number of hydrazone groups is 1. The zero-order chi connectivity index (χ0) is 22.0. The van der Waals surface area contributed by atoms with Crippen molar-refractivity contribution in [3.8, 4) is 11.5 Å². The summed E-state index contributed by atoms with van der Waals surface area (Å²) in [5, 5.41) is 12.6. The number of amides is 2. The number of nitrogens with one attached hydrogen (secondary N) is 1. The third-order valence-corrected chi connectivity index (χ3v) is 4.48. The van der Waals surface area contributed by atoms with Crippen molar-refractivity contribution in [3.05, 3.63) is 36.0 Å². The summed E-state index contributed by atoms with van der Waals surface area (Å²) in [5.74, 6) is 0.723. The Balaban J connectivity index is 1.45. The molecule has 0 radical (unpaired) electrons. The smallest absolute Gasteiger partial charge is 0.265 e. The summed E-state index contributed by atoms with van der Waals surface area (Å²) in [6.45, 7) is 4.02. The number of carbonyl (C=O) groups is 2. The van der Waals surface area contributed by atoms with Gasteiger partial charge in [-0.25, -0.2) is 0 Å². The minimum absolute atomic E-state index is 0.0597. The van der Waals surface area contributed by atoms with Crippen molar-refractivity contribution in [2.45, 2.75) is 13.8 Å². The number of anilines is 1. The van der Waals surface area contributed by atoms with Crippen LogP contribution in [-0.4, -0.2) is 64.9 Å². The SMILES string of the molecule is CCOc1ccc(OCC(=O)Nc2cc(C)nn2C2=NC(=O)C3C=NN(C)C3=N2)cc1. The number of benzene rings is 1. The molecule has 1 unspecified atom stereocenters. The molecule has 0 bridgehead atoms. The molecule has 0 saturated carbocycles. The minimum Gasteiger partial charge on any atom is -0.494 e. The predicted molar refractivity (Wildman–Crippen MR) is 114 cm³/mol. The van der Waals surface area contributed by atoms with Gasteiger partial charge in [0.1, 0.15) is 29.1 Å². The molecule has 1 atom stereocenters. The first-order valence-electron chi connectivity index (χ1n) is 9.66. The first-order chi connectivity index (χ1) is 14.9. The quantitative estimate of drug-likeness (QED) is 0.747. The standard InChI is InChI=1S/C20H21N7O4/c1-4-30-13-5-7-14(8-6-13)31-11-17(28)22-16-9-12(2)25-27(16)20-23-18-15(19(29)24-20)10-21-26(18)3/h5-10,15H,4,11H2,1-3H3,(H,22,28). The van der Waals surface area contributed by atoms with Crippen LogP contribution in [0.15, 0.2) is 45.4 Å². The third kappa shape index (κ3) is 4.29. The van der Waals surface area contributed by atoms with Gasteiger partial charge in [0.2, 0.25) is 0 Å². The van der Waals surface area contributed by atoms with Crippen LogP contribution in [0, 0.1) is 12.8 Å². The zero-order valence-electron chi connectivity index (χ0n) is 17.3. The monoisotopic (exact) mass is 423 g/mol. The molecule has 0 saturated heterocycles. The maximum atomic E-state index is 12.4. The summed E-state index contributed by atoms with van der Waals surface area (Å²) in [6, 6.07) is 8.64. The fourth-order valence-electron chi connectivity index (χ4n) is 3.07. The number of aryl methyl sites for hydroxylation is 1. The highest BCUT2D eigenvalue weighted by molar-refractivity contribution is 6.24. The van der Waals surface area contributed by atoms with E-state index >= 15 is 0 Å². The van der Waals surface area contributed by atoms with Gasteiger partial charge in [0, 0.05) is 19.3 Å². The van der Waals surface area contributed by atoms with Gasteiger partial charge in [0.15, 0.2) is 6.61 Å². The molecule has 0 aliphatic carbocycles. The lowest BCUT2D eigenvalue weighted by molar-refractivity contribution is -0.118. The number of fused-ring (bicyclic) bond motifs is 1. The lowest BCUT2D eigenvalue weighted by atomic mass is 10.1. The summed E-state index contributed by atoms with van der Waals surface area (Å²) >= 11 is 0. The van der Waals surface area contributed by atoms with Crippen LogP contribution < -0.4 is 14.8 Å². The van der Waals surface area contributed by atoms with E-state index in [1.54, 1.807) is 44.3 Å². The Kier molecular flexibility index (Phi) is 5.48. The number of hydrogen-bond donors (Lipinski definition) is 1. The Morgan fingerprint density at radius 3 is 2.58 bits per heavy atom. The van der Waals surface area contributed by atoms with E-state index in [9.17, 15) is 9.59 Å². The Bertz CT molecular complexity index is 1100. The van der Waals surface area contributed by atoms with Crippen molar-refractivity contribution in [2.75, 3.05) is 25.6 Å². The molecule has 2 aliphatic rings. The van der Waals surface area contributed by atoms with Crippen molar-refractivity contribution >= 4 is 35.6 Å². The van der Waals surface area contributed by atoms with Crippen molar-refractivity contribution in [3.63, 3.8) is 0 Å². The van der Waals surface area contributed by atoms with E-state index in [4.69, 9.17) is 9.47 Å². The number of ether oxygens (including phenoxy) is 2. The van der Waals surface area contributed by atoms with Gasteiger partial charge in [0.25, 0.3) is 17.8 Å². The van der Waals surface area contributed by atoms with E-state index in [1.165, 1.54) is 15.9 Å². The van der Waals surface area contributed by atoms with E-state index < -0.39 is 17.7 Å². The molecule has 0 spiro atoms. The number of nitrogens with zero attached hydrogens (tertiary/aromatic N) is 6. The zero-order valence-corrected chi connectivity index (χ0v) is 17.3. The van der Waals surface area contributed by atoms with Crippen LogP contribution in [-0.2, 0) is 9.59 Å². The highest BCUT2D eigenvalue weighted by Gasteiger charge is 2.35. The Morgan fingerprint density at radius 2 is 1.87 bits per heavy atom. The van der Waals surface area contributed by atoms with Gasteiger partial charge in [-0.3, -0.25) is 14.6 Å². The molecule has 2 aromatic rings. The van der Waals surface area contributed by atoms with Crippen LogP contribution in [0.3, 0.4) is 0 Å². The number of amidine groups is 1. The molecule has 11 heteroatoms. The molecule has 1 aromatic heterocycles. The highest BCUT2D eigenvalue weighted by atomic mass is 16.5. The van der Waals surface area contributed by atoms with E-state index in [2.05, 4.69) is 25.5 Å². The van der Waals surface area contributed by atoms with Gasteiger partial charge in [-0.05, 0) is 38.1 Å². The summed E-state index contributed by atoms with van der Waals surface area (Å²) in [6.07, 6.45) is 1.50. The maximum absolute atomic E-state index is 12.4. The Morgan fingerprint density at radius 1 is 1.16 bits per heavy atom. The summed E-state index contributed by atoms with van der Waals surface area (Å²) in [4.78, 5) is 33.2. The molecular weight excluding hydrogens is 402 g/mol. The lowest BCUT2D eigenvalue weighted by Crippen LogP contribution is -2.35. The largest absolute Gasteiger partial charge is 0.494 e. The van der Waals surface area contributed by atoms with E-state index in [0.717, 1.165) is 5.75 Å². The van der Waals surface area contributed by atoms with Gasteiger partial charge in [-0.2, -0.15) is 24.9 Å². The first-order valence-corrected chi connectivity index (χ1v) is 9.66. The summed E-state index contributed by atoms with van der Waals surface area (Å²) < 4.78 is 12.2. The van der Waals surface area contributed by atoms with Gasteiger partial charge in [-0.15, -0.1) is 0 Å². The first kappa shape index (κ1) is 20.3.